The van der Waals surface area contributed by atoms with E-state index in [2.05, 4.69) is 38.3 Å². The van der Waals surface area contributed by atoms with Gasteiger partial charge < -0.3 is 15.4 Å². The number of benzene rings is 2. The van der Waals surface area contributed by atoms with Gasteiger partial charge in [-0.2, -0.15) is 0 Å². The second kappa shape index (κ2) is 7.12. The smallest absolute Gasteiger partial charge is 0.251 e. The van der Waals surface area contributed by atoms with Crippen molar-refractivity contribution in [2.24, 2.45) is 0 Å². The van der Waals surface area contributed by atoms with Crippen LogP contribution in [0.4, 0.5) is 0 Å². The molecule has 0 aromatic heterocycles. The highest BCUT2D eigenvalue weighted by Gasteiger charge is 2.42. The number of rotatable bonds is 4. The molecule has 0 atom stereocenters. The number of para-hydroxylation sites is 1. The van der Waals surface area contributed by atoms with E-state index >= 15 is 0 Å². The number of ether oxygens (including phenoxy) is 1. The fourth-order valence-electron chi connectivity index (χ4n) is 4.21. The van der Waals surface area contributed by atoms with Crippen LogP contribution >= 0.6 is 0 Å². The molecule has 1 heterocycles. The van der Waals surface area contributed by atoms with E-state index in [1.807, 2.05) is 48.5 Å². The Balaban J connectivity index is 1.69. The Kier molecular flexibility index (Phi) is 5.05. The zero-order valence-corrected chi connectivity index (χ0v) is 16.1. The van der Waals surface area contributed by atoms with Crippen molar-refractivity contribution in [1.29, 1.82) is 0 Å². The Hall–Kier alpha value is -2.33. The lowest BCUT2D eigenvalue weighted by Gasteiger charge is -2.43. The van der Waals surface area contributed by atoms with Crippen molar-refractivity contribution in [3.8, 4) is 11.5 Å². The fourth-order valence-corrected chi connectivity index (χ4v) is 4.21. The molecule has 0 spiro atoms. The maximum atomic E-state index is 12.8. The summed E-state index contributed by atoms with van der Waals surface area (Å²) < 4.78 is 5.84. The number of carbonyl (C=O) groups is 1. The number of carbonyl (C=O) groups excluding carboxylic acids is 1. The predicted octanol–water partition coefficient (Wildman–Crippen LogP) is 3.49. The molecule has 1 aliphatic rings. The van der Waals surface area contributed by atoms with Crippen LogP contribution in [-0.2, 0) is 0 Å². The highest BCUT2D eigenvalue weighted by atomic mass is 16.5. The molecular formula is C22H29N2O2+. The highest BCUT2D eigenvalue weighted by Crippen LogP contribution is 2.24. The van der Waals surface area contributed by atoms with Crippen LogP contribution in [0.5, 0.6) is 11.5 Å². The Labute approximate surface area is 156 Å². The second-order valence-corrected chi connectivity index (χ2v) is 8.64. The molecular weight excluding hydrogens is 324 g/mol. The second-order valence-electron chi connectivity index (χ2n) is 8.64. The summed E-state index contributed by atoms with van der Waals surface area (Å²) in [6, 6.07) is 17.1. The van der Waals surface area contributed by atoms with Crippen LogP contribution in [0.1, 0.15) is 50.9 Å². The Morgan fingerprint density at radius 1 is 0.962 bits per heavy atom. The normalized spacial score (nSPS) is 18.9. The van der Waals surface area contributed by atoms with Gasteiger partial charge in [0.2, 0.25) is 0 Å². The molecule has 1 amide bonds. The number of amides is 1. The quantitative estimate of drug-likeness (QED) is 0.884. The summed E-state index contributed by atoms with van der Waals surface area (Å²) in [6.07, 6.45) is 1.92. The van der Waals surface area contributed by atoms with Gasteiger partial charge in [-0.25, -0.2) is 0 Å². The van der Waals surface area contributed by atoms with Gasteiger partial charge in [-0.15, -0.1) is 0 Å². The van der Waals surface area contributed by atoms with Gasteiger partial charge in [0.1, 0.15) is 11.5 Å². The predicted molar refractivity (Wildman–Crippen MR) is 104 cm³/mol. The van der Waals surface area contributed by atoms with Crippen LogP contribution in [0.25, 0.3) is 0 Å². The zero-order chi connectivity index (χ0) is 18.8. The lowest BCUT2D eigenvalue weighted by Crippen LogP contribution is -3.06. The monoisotopic (exact) mass is 353 g/mol. The third kappa shape index (κ3) is 4.85. The molecule has 4 heteroatoms. The summed E-state index contributed by atoms with van der Waals surface area (Å²) in [4.78, 5) is 12.8. The number of piperidine rings is 1. The highest BCUT2D eigenvalue weighted by molar-refractivity contribution is 5.94. The molecule has 4 nitrogen and oxygen atoms in total. The van der Waals surface area contributed by atoms with Crippen molar-refractivity contribution in [3.63, 3.8) is 0 Å². The summed E-state index contributed by atoms with van der Waals surface area (Å²) >= 11 is 0. The van der Waals surface area contributed by atoms with Crippen LogP contribution in [-0.4, -0.2) is 23.0 Å². The number of hydrogen-bond acceptors (Lipinski definition) is 2. The third-order valence-electron chi connectivity index (χ3n) is 4.74. The Morgan fingerprint density at radius 2 is 1.58 bits per heavy atom. The average Bonchev–Trinajstić information content (AvgIpc) is 2.53. The number of quaternary nitrogens is 1. The molecule has 0 saturated carbocycles. The molecule has 0 unspecified atom stereocenters. The van der Waals surface area contributed by atoms with Crippen molar-refractivity contribution in [2.45, 2.75) is 57.7 Å². The van der Waals surface area contributed by atoms with Gasteiger partial charge in [-0.05, 0) is 58.0 Å². The van der Waals surface area contributed by atoms with Gasteiger partial charge in [0, 0.05) is 24.4 Å². The van der Waals surface area contributed by atoms with Crippen molar-refractivity contribution >= 4 is 5.91 Å². The van der Waals surface area contributed by atoms with Gasteiger partial charge in [0.05, 0.1) is 11.1 Å². The first-order chi connectivity index (χ1) is 12.2. The first-order valence-electron chi connectivity index (χ1n) is 9.23. The fraction of sp³-hybridized carbons (Fsp3) is 0.409. The van der Waals surface area contributed by atoms with Gasteiger partial charge in [0.15, 0.2) is 0 Å². The van der Waals surface area contributed by atoms with Gasteiger partial charge in [-0.3, -0.25) is 4.79 Å². The molecule has 2 aromatic carbocycles. The van der Waals surface area contributed by atoms with Crippen molar-refractivity contribution in [1.82, 2.24) is 5.32 Å². The first-order valence-corrected chi connectivity index (χ1v) is 9.23. The summed E-state index contributed by atoms with van der Waals surface area (Å²) in [6.45, 7) is 8.95. The van der Waals surface area contributed by atoms with Crippen molar-refractivity contribution < 1.29 is 14.8 Å². The maximum Gasteiger partial charge on any atom is 0.251 e. The number of nitrogens with two attached hydrogens (primary N) is 1. The van der Waals surface area contributed by atoms with Gasteiger partial charge >= 0.3 is 0 Å². The van der Waals surface area contributed by atoms with Crippen LogP contribution in [0, 0.1) is 0 Å². The molecule has 3 N–H and O–H groups in total. The van der Waals surface area contributed by atoms with E-state index in [0.29, 0.717) is 11.3 Å². The van der Waals surface area contributed by atoms with E-state index < -0.39 is 0 Å². The van der Waals surface area contributed by atoms with E-state index in [4.69, 9.17) is 4.74 Å². The van der Waals surface area contributed by atoms with E-state index in [1.54, 1.807) is 6.07 Å². The molecule has 2 aromatic rings. The molecule has 3 rings (SSSR count). The minimum Gasteiger partial charge on any atom is -0.457 e. The van der Waals surface area contributed by atoms with Crippen LogP contribution < -0.4 is 15.4 Å². The van der Waals surface area contributed by atoms with Gasteiger partial charge in [-0.1, -0.05) is 24.3 Å². The lowest BCUT2D eigenvalue weighted by atomic mass is 9.79. The molecule has 0 aliphatic carbocycles. The van der Waals surface area contributed by atoms with Crippen LogP contribution in [0.2, 0.25) is 0 Å². The molecule has 0 bridgehead atoms. The minimum absolute atomic E-state index is 0.0398. The average molecular weight is 353 g/mol. The van der Waals surface area contributed by atoms with Crippen LogP contribution in [0.15, 0.2) is 54.6 Å². The Bertz CT molecular complexity index is 753. The van der Waals surface area contributed by atoms with Gasteiger partial charge in [0.25, 0.3) is 5.91 Å². The molecule has 1 saturated heterocycles. The number of nitrogens with one attached hydrogen (secondary N) is 1. The molecule has 1 aliphatic heterocycles. The van der Waals surface area contributed by atoms with Crippen molar-refractivity contribution in [3.05, 3.63) is 60.2 Å². The summed E-state index contributed by atoms with van der Waals surface area (Å²) in [5.41, 5.74) is 0.874. The number of hydrogen-bond donors (Lipinski definition) is 2. The lowest BCUT2D eigenvalue weighted by molar-refractivity contribution is -0.787. The van der Waals surface area contributed by atoms with E-state index in [9.17, 15) is 4.79 Å². The third-order valence-corrected chi connectivity index (χ3v) is 4.74. The van der Waals surface area contributed by atoms with E-state index in [-0.39, 0.29) is 23.0 Å². The molecule has 138 valence electrons. The molecule has 1 fully saturated rings. The zero-order valence-electron chi connectivity index (χ0n) is 16.1. The summed E-state index contributed by atoms with van der Waals surface area (Å²) in [5, 5.41) is 5.64. The summed E-state index contributed by atoms with van der Waals surface area (Å²) in [7, 11) is 0. The maximum absolute atomic E-state index is 12.8. The SMILES string of the molecule is CC1(C)CC(NC(=O)c2cccc(Oc3ccccc3)c2)CC(C)(C)[NH2+]1. The summed E-state index contributed by atoms with van der Waals surface area (Å²) in [5.74, 6) is 1.39. The van der Waals surface area contributed by atoms with Crippen molar-refractivity contribution in [2.75, 3.05) is 0 Å². The van der Waals surface area contributed by atoms with E-state index in [1.165, 1.54) is 0 Å². The largest absolute Gasteiger partial charge is 0.457 e. The minimum atomic E-state index is -0.0398. The van der Waals surface area contributed by atoms with Crippen LogP contribution in [0.3, 0.4) is 0 Å². The van der Waals surface area contributed by atoms with E-state index in [0.717, 1.165) is 18.6 Å². The first kappa shape index (κ1) is 18.5. The Morgan fingerprint density at radius 3 is 2.23 bits per heavy atom. The topological polar surface area (TPSA) is 54.9 Å². The standard InChI is InChI=1S/C22H28N2O2/c1-21(2)14-17(15-22(3,4)24-21)23-20(25)16-9-8-12-19(13-16)26-18-10-6-5-7-11-18/h5-13,17,24H,14-15H2,1-4H3,(H,23,25)/p+1. The molecule has 26 heavy (non-hydrogen) atoms. The molecule has 0 radical (unpaired) electrons.